The molecule has 0 saturated heterocycles. The molecule has 15 heavy (non-hydrogen) atoms. The smallest absolute Gasteiger partial charge is 0.408 e. The highest BCUT2D eigenvalue weighted by molar-refractivity contribution is 5.89. The normalized spacial score (nSPS) is 15.3. The third-order valence-corrected chi connectivity index (χ3v) is 2.26. The molecular weight excluding hydrogens is 194 g/mol. The van der Waals surface area contributed by atoms with Crippen molar-refractivity contribution in [2.24, 2.45) is 0 Å². The fourth-order valence-corrected chi connectivity index (χ4v) is 0.954. The van der Waals surface area contributed by atoms with Crippen LogP contribution in [0.15, 0.2) is 0 Å². The second-order valence-electron chi connectivity index (χ2n) is 4.87. The molecule has 88 valence electrons. The molecule has 0 aliphatic heterocycles. The molecule has 1 atom stereocenters. The van der Waals surface area contributed by atoms with Gasteiger partial charge in [-0.15, -0.1) is 0 Å². The van der Waals surface area contributed by atoms with Crippen molar-refractivity contribution in [1.82, 2.24) is 5.32 Å². The van der Waals surface area contributed by atoms with Crippen molar-refractivity contribution < 1.29 is 14.3 Å². The number of rotatable bonds is 3. The predicted octanol–water partition coefficient (Wildman–Crippen LogP) is 2.27. The van der Waals surface area contributed by atoms with Gasteiger partial charge < -0.3 is 10.1 Å². The second kappa shape index (κ2) is 4.64. The third-order valence-electron chi connectivity index (χ3n) is 2.26. The summed E-state index contributed by atoms with van der Waals surface area (Å²) in [7, 11) is 0. The molecule has 0 rings (SSSR count). The van der Waals surface area contributed by atoms with Crippen LogP contribution in [0.4, 0.5) is 4.79 Å². The van der Waals surface area contributed by atoms with Crippen LogP contribution in [-0.4, -0.2) is 23.0 Å². The predicted molar refractivity (Wildman–Crippen MR) is 58.7 cm³/mol. The van der Waals surface area contributed by atoms with E-state index in [1.54, 1.807) is 27.7 Å². The Morgan fingerprint density at radius 3 is 1.93 bits per heavy atom. The Hall–Kier alpha value is -1.06. The molecule has 0 aromatic heterocycles. The molecule has 1 N–H and O–H groups in total. The molecule has 0 bridgehead atoms. The largest absolute Gasteiger partial charge is 0.444 e. The zero-order valence-electron chi connectivity index (χ0n) is 10.4. The number of ether oxygens (including phenoxy) is 1. The molecule has 0 saturated carbocycles. The molecule has 0 aliphatic carbocycles. The van der Waals surface area contributed by atoms with Crippen LogP contribution < -0.4 is 5.32 Å². The molecule has 0 aromatic carbocycles. The molecule has 0 fully saturated rings. The van der Waals surface area contributed by atoms with Crippen LogP contribution in [0.2, 0.25) is 0 Å². The van der Waals surface area contributed by atoms with Gasteiger partial charge in [-0.05, 0) is 41.0 Å². The highest BCUT2D eigenvalue weighted by atomic mass is 16.6. The van der Waals surface area contributed by atoms with Gasteiger partial charge in [0.15, 0.2) is 5.78 Å². The van der Waals surface area contributed by atoms with E-state index in [1.165, 1.54) is 6.92 Å². The number of carbonyl (C=O) groups excluding carboxylic acids is 2. The van der Waals surface area contributed by atoms with E-state index in [4.69, 9.17) is 4.74 Å². The number of carbonyl (C=O) groups is 2. The summed E-state index contributed by atoms with van der Waals surface area (Å²) < 4.78 is 5.08. The number of amides is 1. The number of Topliss-reactive ketones (excluding diaryl/α,β-unsaturated/α-hetero) is 1. The molecular formula is C11H21NO3. The van der Waals surface area contributed by atoms with Crippen molar-refractivity contribution in [3.8, 4) is 0 Å². The van der Waals surface area contributed by atoms with Crippen molar-refractivity contribution in [3.05, 3.63) is 0 Å². The molecule has 4 nitrogen and oxygen atoms in total. The Morgan fingerprint density at radius 2 is 1.67 bits per heavy atom. The molecule has 0 aliphatic rings. The van der Waals surface area contributed by atoms with Crippen molar-refractivity contribution >= 4 is 11.9 Å². The highest BCUT2D eigenvalue weighted by Gasteiger charge is 2.31. The number of nitrogens with one attached hydrogen (secondary N) is 1. The van der Waals surface area contributed by atoms with E-state index in [0.717, 1.165) is 0 Å². The number of alkyl carbamates (subject to hydrolysis) is 1. The van der Waals surface area contributed by atoms with Gasteiger partial charge in [0, 0.05) is 0 Å². The lowest BCUT2D eigenvalue weighted by Gasteiger charge is -2.28. The zero-order valence-corrected chi connectivity index (χ0v) is 10.4. The average Bonchev–Trinajstić information content (AvgIpc) is 1.99. The second-order valence-corrected chi connectivity index (χ2v) is 4.87. The van der Waals surface area contributed by atoms with Crippen LogP contribution in [0.5, 0.6) is 0 Å². The van der Waals surface area contributed by atoms with Crippen molar-refractivity contribution in [2.45, 2.75) is 59.1 Å². The highest BCUT2D eigenvalue weighted by Crippen LogP contribution is 2.13. The van der Waals surface area contributed by atoms with Gasteiger partial charge in [0.1, 0.15) is 5.60 Å². The van der Waals surface area contributed by atoms with Gasteiger partial charge >= 0.3 is 6.09 Å². The zero-order chi connectivity index (χ0) is 12.3. The van der Waals surface area contributed by atoms with Crippen LogP contribution in [-0.2, 0) is 9.53 Å². The summed E-state index contributed by atoms with van der Waals surface area (Å²) in [6.07, 6.45) is -0.0104. The van der Waals surface area contributed by atoms with Gasteiger partial charge in [0.2, 0.25) is 0 Å². The van der Waals surface area contributed by atoms with Gasteiger partial charge in [0.25, 0.3) is 0 Å². The van der Waals surface area contributed by atoms with Crippen LogP contribution in [0.3, 0.4) is 0 Å². The minimum Gasteiger partial charge on any atom is -0.444 e. The lowest BCUT2D eigenvalue weighted by Crippen LogP contribution is -2.52. The molecule has 1 amide bonds. The monoisotopic (exact) mass is 215 g/mol. The molecule has 0 heterocycles. The topological polar surface area (TPSA) is 55.4 Å². The summed E-state index contributed by atoms with van der Waals surface area (Å²) in [5, 5.41) is 2.59. The summed E-state index contributed by atoms with van der Waals surface area (Å²) in [6.45, 7) is 10.3. The van der Waals surface area contributed by atoms with Crippen LogP contribution in [0.25, 0.3) is 0 Å². The van der Waals surface area contributed by atoms with Crippen LogP contribution in [0, 0.1) is 0 Å². The minimum atomic E-state index is -0.831. The summed E-state index contributed by atoms with van der Waals surface area (Å²) >= 11 is 0. The fourth-order valence-electron chi connectivity index (χ4n) is 0.954. The molecule has 0 spiro atoms. The number of hydrogen-bond donors (Lipinski definition) is 1. The third kappa shape index (κ3) is 4.81. The van der Waals surface area contributed by atoms with E-state index < -0.39 is 17.2 Å². The maximum absolute atomic E-state index is 11.5. The summed E-state index contributed by atoms with van der Waals surface area (Å²) in [5.41, 5.74) is -1.38. The van der Waals surface area contributed by atoms with Crippen LogP contribution in [0.1, 0.15) is 48.0 Å². The Kier molecular flexibility index (Phi) is 4.31. The maximum Gasteiger partial charge on any atom is 0.408 e. The quantitative estimate of drug-likeness (QED) is 0.785. The number of hydrogen-bond acceptors (Lipinski definition) is 3. The minimum absolute atomic E-state index is 0.0733. The molecule has 0 radical (unpaired) electrons. The first-order chi connectivity index (χ1) is 6.60. The Labute approximate surface area is 91.4 Å². The SMILES string of the molecule is CCC(C)(NC(=O)OC(C)(C)C)C(C)=O. The molecule has 1 unspecified atom stereocenters. The van der Waals surface area contributed by atoms with E-state index in [-0.39, 0.29) is 5.78 Å². The van der Waals surface area contributed by atoms with E-state index in [2.05, 4.69) is 5.32 Å². The summed E-state index contributed by atoms with van der Waals surface area (Å²) in [5.74, 6) is -0.0733. The van der Waals surface area contributed by atoms with Gasteiger partial charge in [-0.3, -0.25) is 4.79 Å². The molecule has 0 aromatic rings. The van der Waals surface area contributed by atoms with Gasteiger partial charge in [0.05, 0.1) is 5.54 Å². The average molecular weight is 215 g/mol. The van der Waals surface area contributed by atoms with E-state index in [1.807, 2.05) is 6.92 Å². The lowest BCUT2D eigenvalue weighted by atomic mass is 9.94. The van der Waals surface area contributed by atoms with Gasteiger partial charge in [-0.1, -0.05) is 6.92 Å². The van der Waals surface area contributed by atoms with Crippen molar-refractivity contribution in [1.29, 1.82) is 0 Å². The standard InChI is InChI=1S/C11H21NO3/c1-7-11(6,8(2)13)12-9(14)15-10(3,4)5/h7H2,1-6H3,(H,12,14). The van der Waals surface area contributed by atoms with E-state index in [0.29, 0.717) is 6.42 Å². The first kappa shape index (κ1) is 13.9. The van der Waals surface area contributed by atoms with Crippen molar-refractivity contribution in [2.75, 3.05) is 0 Å². The molecule has 4 heteroatoms. The first-order valence-corrected chi connectivity index (χ1v) is 5.13. The van der Waals surface area contributed by atoms with Crippen LogP contribution >= 0.6 is 0 Å². The number of ketones is 1. The lowest BCUT2D eigenvalue weighted by molar-refractivity contribution is -0.122. The first-order valence-electron chi connectivity index (χ1n) is 5.13. The Morgan fingerprint density at radius 1 is 1.20 bits per heavy atom. The Balaban J connectivity index is 4.45. The van der Waals surface area contributed by atoms with Crippen molar-refractivity contribution in [3.63, 3.8) is 0 Å². The maximum atomic E-state index is 11.5. The van der Waals surface area contributed by atoms with E-state index >= 15 is 0 Å². The summed E-state index contributed by atoms with van der Waals surface area (Å²) in [4.78, 5) is 22.8. The summed E-state index contributed by atoms with van der Waals surface area (Å²) in [6, 6.07) is 0. The Bertz CT molecular complexity index is 255. The van der Waals surface area contributed by atoms with Gasteiger partial charge in [-0.2, -0.15) is 0 Å². The van der Waals surface area contributed by atoms with Gasteiger partial charge in [-0.25, -0.2) is 4.79 Å². The van der Waals surface area contributed by atoms with E-state index in [9.17, 15) is 9.59 Å². The fraction of sp³-hybridized carbons (Fsp3) is 0.818.